The van der Waals surface area contributed by atoms with E-state index in [0.717, 1.165) is 16.5 Å². The molecule has 0 bridgehead atoms. The Kier molecular flexibility index (Phi) is 3.94. The number of ether oxygens (including phenoxy) is 1. The topological polar surface area (TPSA) is 87.7 Å². The number of aromatic nitrogens is 3. The number of allylic oxidation sites excluding steroid dienone is 2. The molecule has 0 amide bonds. The third-order valence-electron chi connectivity index (χ3n) is 4.36. The predicted octanol–water partition coefficient (Wildman–Crippen LogP) is 4.10. The van der Waals surface area contributed by atoms with E-state index in [1.807, 2.05) is 62.5 Å². The number of benzene rings is 1. The summed E-state index contributed by atoms with van der Waals surface area (Å²) in [7, 11) is 0. The summed E-state index contributed by atoms with van der Waals surface area (Å²) in [6.45, 7) is 3.83. The molecule has 2 aromatic heterocycles. The van der Waals surface area contributed by atoms with Gasteiger partial charge in [-0.25, -0.2) is 0 Å². The first-order valence-electron chi connectivity index (χ1n) is 8.47. The van der Waals surface area contributed by atoms with Gasteiger partial charge in [0.1, 0.15) is 5.92 Å². The maximum Gasteiger partial charge on any atom is 0.264 e. The molecule has 1 aliphatic carbocycles. The van der Waals surface area contributed by atoms with Crippen LogP contribution >= 0.6 is 0 Å². The zero-order valence-electron chi connectivity index (χ0n) is 14.5. The summed E-state index contributed by atoms with van der Waals surface area (Å²) >= 11 is 0. The molecule has 4 rings (SSSR count). The Hall–Kier alpha value is -3.17. The Morgan fingerprint density at radius 3 is 3.00 bits per heavy atom. The van der Waals surface area contributed by atoms with E-state index in [1.54, 1.807) is 6.08 Å². The zero-order chi connectivity index (χ0) is 18.1. The fraction of sp³-hybridized carbons (Fsp3) is 0.250. The van der Waals surface area contributed by atoms with Crippen LogP contribution in [0.25, 0.3) is 22.3 Å². The molecule has 6 nitrogen and oxygen atoms in total. The van der Waals surface area contributed by atoms with Gasteiger partial charge in [-0.1, -0.05) is 23.4 Å². The number of aromatic amines is 1. The summed E-state index contributed by atoms with van der Waals surface area (Å²) in [6, 6.07) is 10.2. The van der Waals surface area contributed by atoms with Crippen LogP contribution in [0.4, 0.5) is 0 Å². The van der Waals surface area contributed by atoms with Crippen molar-refractivity contribution in [1.29, 1.82) is 5.26 Å². The molecule has 1 N–H and O–H groups in total. The first-order valence-corrected chi connectivity index (χ1v) is 8.47. The van der Waals surface area contributed by atoms with E-state index in [-0.39, 0.29) is 12.0 Å². The van der Waals surface area contributed by atoms with E-state index in [0.29, 0.717) is 5.82 Å². The summed E-state index contributed by atoms with van der Waals surface area (Å²) in [5, 5.41) is 14.8. The van der Waals surface area contributed by atoms with E-state index in [1.165, 1.54) is 0 Å². The fourth-order valence-electron chi connectivity index (χ4n) is 3.21. The molecule has 0 radical (unpaired) electrons. The van der Waals surface area contributed by atoms with Crippen LogP contribution in [0, 0.1) is 17.2 Å². The van der Waals surface area contributed by atoms with E-state index in [4.69, 9.17) is 9.26 Å². The number of H-pyrrole nitrogens is 1. The fourth-order valence-corrected chi connectivity index (χ4v) is 3.21. The summed E-state index contributed by atoms with van der Waals surface area (Å²) in [5.41, 5.74) is 0.804. The Morgan fingerprint density at radius 1 is 1.31 bits per heavy atom. The predicted molar refractivity (Wildman–Crippen MR) is 96.9 cm³/mol. The molecule has 130 valence electrons. The molecule has 1 aromatic carbocycles. The number of hydrogen-bond donors (Lipinski definition) is 1. The van der Waals surface area contributed by atoms with Gasteiger partial charge in [-0.05, 0) is 44.2 Å². The standard InChI is InChI=1S/C20H18N4O2/c1-13(2)25-20(9-4-3-5-16(20)12-21)19-23-18(24-26-19)15-6-7-17-14(11-15)8-10-22-17/h3-11,13,16,22H,1-2H3. The molecule has 2 atom stereocenters. The third-order valence-corrected chi connectivity index (χ3v) is 4.36. The second kappa shape index (κ2) is 6.28. The highest BCUT2D eigenvalue weighted by molar-refractivity contribution is 5.83. The van der Waals surface area contributed by atoms with Crippen LogP contribution in [0.5, 0.6) is 0 Å². The maximum absolute atomic E-state index is 9.61. The number of rotatable bonds is 4. The SMILES string of the molecule is CC(C)OC1(c2nc(-c3ccc4[nH]ccc4c3)no2)C=CC=CC1C#N. The minimum atomic E-state index is -1.08. The molecule has 6 heteroatoms. The van der Waals surface area contributed by atoms with Crippen molar-refractivity contribution in [3.63, 3.8) is 0 Å². The van der Waals surface area contributed by atoms with Crippen molar-refractivity contribution in [2.24, 2.45) is 5.92 Å². The van der Waals surface area contributed by atoms with Crippen molar-refractivity contribution in [2.75, 3.05) is 0 Å². The van der Waals surface area contributed by atoms with Gasteiger partial charge in [-0.2, -0.15) is 10.2 Å². The van der Waals surface area contributed by atoms with Gasteiger partial charge in [0.25, 0.3) is 5.89 Å². The Balaban J connectivity index is 1.78. The normalized spacial score (nSPS) is 22.2. The van der Waals surface area contributed by atoms with E-state index >= 15 is 0 Å². The molecule has 0 fully saturated rings. The molecule has 1 aliphatic rings. The molecule has 0 saturated carbocycles. The highest BCUT2D eigenvalue weighted by atomic mass is 16.5. The summed E-state index contributed by atoms with van der Waals surface area (Å²) in [6.07, 6.45) is 9.04. The molecule has 0 aliphatic heterocycles. The number of nitriles is 1. The molecule has 26 heavy (non-hydrogen) atoms. The van der Waals surface area contributed by atoms with Crippen LogP contribution in [-0.4, -0.2) is 21.2 Å². The Morgan fingerprint density at radius 2 is 2.19 bits per heavy atom. The van der Waals surface area contributed by atoms with Gasteiger partial charge in [0, 0.05) is 22.7 Å². The van der Waals surface area contributed by atoms with Crippen LogP contribution in [0.3, 0.4) is 0 Å². The van der Waals surface area contributed by atoms with Crippen molar-refractivity contribution >= 4 is 10.9 Å². The molecular weight excluding hydrogens is 328 g/mol. The van der Waals surface area contributed by atoms with Crippen LogP contribution < -0.4 is 0 Å². The van der Waals surface area contributed by atoms with Crippen molar-refractivity contribution in [2.45, 2.75) is 25.6 Å². The summed E-state index contributed by atoms with van der Waals surface area (Å²) in [4.78, 5) is 7.73. The molecule has 0 saturated heterocycles. The minimum absolute atomic E-state index is 0.117. The first-order chi connectivity index (χ1) is 12.6. The second-order valence-electron chi connectivity index (χ2n) is 6.51. The van der Waals surface area contributed by atoms with Gasteiger partial charge in [0.2, 0.25) is 5.82 Å². The maximum atomic E-state index is 9.61. The van der Waals surface area contributed by atoms with Gasteiger partial charge >= 0.3 is 0 Å². The largest absolute Gasteiger partial charge is 0.361 e. The van der Waals surface area contributed by atoms with E-state index < -0.39 is 11.5 Å². The highest BCUT2D eigenvalue weighted by Gasteiger charge is 2.45. The summed E-state index contributed by atoms with van der Waals surface area (Å²) in [5.74, 6) is 0.201. The minimum Gasteiger partial charge on any atom is -0.361 e. The van der Waals surface area contributed by atoms with Gasteiger partial charge in [0.05, 0.1) is 12.2 Å². The molecule has 3 aromatic rings. The van der Waals surface area contributed by atoms with Gasteiger partial charge in [0.15, 0.2) is 5.60 Å². The van der Waals surface area contributed by atoms with Crippen molar-refractivity contribution < 1.29 is 9.26 Å². The van der Waals surface area contributed by atoms with Gasteiger partial charge in [-0.3, -0.25) is 0 Å². The average Bonchev–Trinajstić information content (AvgIpc) is 3.30. The van der Waals surface area contributed by atoms with Crippen molar-refractivity contribution in [3.8, 4) is 17.5 Å². The van der Waals surface area contributed by atoms with Crippen molar-refractivity contribution in [1.82, 2.24) is 15.1 Å². The number of nitrogens with one attached hydrogen (secondary N) is 1. The molecule has 2 heterocycles. The van der Waals surface area contributed by atoms with Crippen LogP contribution in [-0.2, 0) is 10.3 Å². The molecule has 2 unspecified atom stereocenters. The van der Waals surface area contributed by atoms with Crippen LogP contribution in [0.2, 0.25) is 0 Å². The van der Waals surface area contributed by atoms with Gasteiger partial charge in [-0.15, -0.1) is 0 Å². The van der Waals surface area contributed by atoms with Crippen LogP contribution in [0.1, 0.15) is 19.7 Å². The monoisotopic (exact) mass is 346 g/mol. The lowest BCUT2D eigenvalue weighted by molar-refractivity contribution is -0.0850. The smallest absolute Gasteiger partial charge is 0.264 e. The summed E-state index contributed by atoms with van der Waals surface area (Å²) < 4.78 is 11.7. The third kappa shape index (κ3) is 2.63. The van der Waals surface area contributed by atoms with Gasteiger partial charge < -0.3 is 14.2 Å². The highest BCUT2D eigenvalue weighted by Crippen LogP contribution is 2.39. The number of nitrogens with zero attached hydrogens (tertiary/aromatic N) is 3. The number of hydrogen-bond acceptors (Lipinski definition) is 5. The zero-order valence-corrected chi connectivity index (χ0v) is 14.5. The Bertz CT molecular complexity index is 1040. The lowest BCUT2D eigenvalue weighted by atomic mass is 9.84. The number of fused-ring (bicyclic) bond motifs is 1. The second-order valence-corrected chi connectivity index (χ2v) is 6.51. The first kappa shape index (κ1) is 16.3. The average molecular weight is 346 g/mol. The van der Waals surface area contributed by atoms with E-state index in [9.17, 15) is 5.26 Å². The van der Waals surface area contributed by atoms with Crippen molar-refractivity contribution in [3.05, 3.63) is 60.7 Å². The Labute approximate surface area is 150 Å². The lowest BCUT2D eigenvalue weighted by Gasteiger charge is -2.33. The molecule has 0 spiro atoms. The van der Waals surface area contributed by atoms with Crippen LogP contribution in [0.15, 0.2) is 59.3 Å². The lowest BCUT2D eigenvalue weighted by Crippen LogP contribution is -2.38. The molecular formula is C20H18N4O2. The quantitative estimate of drug-likeness (QED) is 0.768. The van der Waals surface area contributed by atoms with E-state index in [2.05, 4.69) is 21.2 Å².